The van der Waals surface area contributed by atoms with E-state index in [4.69, 9.17) is 9.47 Å². The Morgan fingerprint density at radius 3 is 2.43 bits per heavy atom. The Labute approximate surface area is 203 Å². The van der Waals surface area contributed by atoms with Crippen LogP contribution in [0.5, 0.6) is 5.75 Å². The minimum Gasteiger partial charge on any atom is -0.475 e. The summed E-state index contributed by atoms with van der Waals surface area (Å²) in [7, 11) is -2.47. The van der Waals surface area contributed by atoms with Crippen molar-refractivity contribution in [1.82, 2.24) is 0 Å². The van der Waals surface area contributed by atoms with Crippen molar-refractivity contribution in [2.45, 2.75) is 30.4 Å². The van der Waals surface area contributed by atoms with Crippen LogP contribution in [0.4, 0.5) is 11.4 Å². The molecule has 2 heterocycles. The van der Waals surface area contributed by atoms with Crippen molar-refractivity contribution < 1.29 is 27.5 Å². The molecule has 0 aromatic heterocycles. The van der Waals surface area contributed by atoms with Crippen molar-refractivity contribution in [2.75, 3.05) is 22.9 Å². The predicted molar refractivity (Wildman–Crippen MR) is 130 cm³/mol. The molecule has 8 nitrogen and oxygen atoms in total. The third-order valence-electron chi connectivity index (χ3n) is 6.26. The van der Waals surface area contributed by atoms with Crippen LogP contribution in [0.25, 0.3) is 0 Å². The molecule has 0 saturated carbocycles. The summed E-state index contributed by atoms with van der Waals surface area (Å²) in [5.74, 6) is -0.464. The van der Waals surface area contributed by atoms with Crippen molar-refractivity contribution in [3.8, 4) is 5.75 Å². The van der Waals surface area contributed by atoms with E-state index < -0.39 is 22.1 Å². The van der Waals surface area contributed by atoms with Crippen molar-refractivity contribution >= 4 is 33.3 Å². The van der Waals surface area contributed by atoms with Gasteiger partial charge in [0.15, 0.2) is 0 Å². The second-order valence-corrected chi connectivity index (χ2v) is 10.3. The molecular weight excluding hydrogens is 468 g/mol. The Morgan fingerprint density at radius 1 is 0.971 bits per heavy atom. The first-order chi connectivity index (χ1) is 16.8. The van der Waals surface area contributed by atoms with E-state index in [-0.39, 0.29) is 23.4 Å². The standard InChI is InChI=1S/C26H24N2O6S/c1-17-14-19-15-18(12-13-21(19)28(17)35(31,32)20-8-4-3-5-9-20)25(29)27-16-24(26(30)33-2)34-23-11-7-6-10-22(23)27/h3-13,15,17,24H,14,16H2,1-2H3. The molecule has 3 aromatic carbocycles. The molecule has 0 N–H and O–H groups in total. The number of sulfonamides is 1. The van der Waals surface area contributed by atoms with Gasteiger partial charge >= 0.3 is 5.97 Å². The minimum absolute atomic E-state index is 0.00448. The van der Waals surface area contributed by atoms with E-state index in [1.54, 1.807) is 72.8 Å². The SMILES string of the molecule is COC(=O)C1CN(C(=O)c2ccc3c(c2)CC(C)N3S(=O)(=O)c2ccccc2)c2ccccc2O1. The number of amides is 1. The van der Waals surface area contributed by atoms with Gasteiger partial charge in [0.05, 0.1) is 29.9 Å². The third-order valence-corrected chi connectivity index (χ3v) is 8.20. The van der Waals surface area contributed by atoms with Crippen molar-refractivity contribution in [3.63, 3.8) is 0 Å². The van der Waals surface area contributed by atoms with Crippen LogP contribution >= 0.6 is 0 Å². The van der Waals surface area contributed by atoms with E-state index in [1.165, 1.54) is 16.3 Å². The van der Waals surface area contributed by atoms with Crippen LogP contribution in [0, 0.1) is 0 Å². The summed E-state index contributed by atoms with van der Waals surface area (Å²) in [6.07, 6.45) is -0.465. The normalized spacial score (nSPS) is 18.9. The Morgan fingerprint density at radius 2 is 1.69 bits per heavy atom. The molecule has 0 aliphatic carbocycles. The maximum atomic E-state index is 13.6. The molecule has 2 unspecified atom stereocenters. The third kappa shape index (κ3) is 3.91. The van der Waals surface area contributed by atoms with Crippen molar-refractivity contribution in [2.24, 2.45) is 0 Å². The maximum absolute atomic E-state index is 13.6. The molecular formula is C26H24N2O6S. The number of rotatable bonds is 4. The highest BCUT2D eigenvalue weighted by Crippen LogP contribution is 2.39. The Kier molecular flexibility index (Phi) is 5.72. The number of fused-ring (bicyclic) bond motifs is 2. The predicted octanol–water partition coefficient (Wildman–Crippen LogP) is 3.41. The molecule has 0 bridgehead atoms. The molecule has 3 aromatic rings. The first-order valence-corrected chi connectivity index (χ1v) is 12.6. The quantitative estimate of drug-likeness (QED) is 0.519. The molecule has 0 radical (unpaired) electrons. The fourth-order valence-electron chi connectivity index (χ4n) is 4.64. The number of hydrogen-bond acceptors (Lipinski definition) is 6. The average molecular weight is 493 g/mol. The number of nitrogens with zero attached hydrogens (tertiary/aromatic N) is 2. The van der Waals surface area contributed by atoms with E-state index in [0.717, 1.165) is 5.56 Å². The zero-order chi connectivity index (χ0) is 24.7. The molecule has 2 aliphatic rings. The van der Waals surface area contributed by atoms with E-state index >= 15 is 0 Å². The molecule has 2 atom stereocenters. The topological polar surface area (TPSA) is 93.2 Å². The van der Waals surface area contributed by atoms with Gasteiger partial charge in [-0.15, -0.1) is 0 Å². The summed E-state index contributed by atoms with van der Waals surface area (Å²) in [4.78, 5) is 27.5. The van der Waals surface area contributed by atoms with Gasteiger partial charge in [0.1, 0.15) is 5.75 Å². The van der Waals surface area contributed by atoms with Crippen LogP contribution in [0.15, 0.2) is 77.7 Å². The molecule has 0 saturated heterocycles. The van der Waals surface area contributed by atoms with Crippen molar-refractivity contribution in [3.05, 3.63) is 83.9 Å². The minimum atomic E-state index is -3.74. The molecule has 180 valence electrons. The number of methoxy groups -OCH3 is 1. The van der Waals surface area contributed by atoms with E-state index in [1.807, 2.05) is 6.92 Å². The smallest absolute Gasteiger partial charge is 0.348 e. The first kappa shape index (κ1) is 22.9. The summed E-state index contributed by atoms with van der Waals surface area (Å²) in [5, 5.41) is 0. The average Bonchev–Trinajstić information content (AvgIpc) is 3.23. The van der Waals surface area contributed by atoms with Gasteiger partial charge in [-0.25, -0.2) is 13.2 Å². The van der Waals surface area contributed by atoms with Crippen molar-refractivity contribution in [1.29, 1.82) is 0 Å². The summed E-state index contributed by atoms with van der Waals surface area (Å²) >= 11 is 0. The molecule has 5 rings (SSSR count). The summed E-state index contributed by atoms with van der Waals surface area (Å²) in [5.41, 5.74) is 2.29. The lowest BCUT2D eigenvalue weighted by Gasteiger charge is -2.33. The molecule has 9 heteroatoms. The lowest BCUT2D eigenvalue weighted by molar-refractivity contribution is -0.148. The molecule has 0 fully saturated rings. The number of hydrogen-bond donors (Lipinski definition) is 0. The fourth-order valence-corrected chi connectivity index (χ4v) is 6.36. The van der Waals surface area contributed by atoms with Crippen LogP contribution in [0.2, 0.25) is 0 Å². The van der Waals surface area contributed by atoms with Gasteiger partial charge in [-0.05, 0) is 61.4 Å². The lowest BCUT2D eigenvalue weighted by atomic mass is 10.0. The molecule has 0 spiro atoms. The van der Waals surface area contributed by atoms with Gasteiger partial charge in [-0.2, -0.15) is 0 Å². The fraction of sp³-hybridized carbons (Fsp3) is 0.231. The Balaban J connectivity index is 1.49. The molecule has 35 heavy (non-hydrogen) atoms. The van der Waals surface area contributed by atoms with Crippen LogP contribution in [-0.4, -0.2) is 46.1 Å². The number of para-hydroxylation sites is 2. The number of ether oxygens (including phenoxy) is 2. The van der Waals surface area contributed by atoms with Gasteiger partial charge < -0.3 is 14.4 Å². The zero-order valence-corrected chi connectivity index (χ0v) is 20.1. The Hall–Kier alpha value is -3.85. The number of carbonyl (C=O) groups is 2. The van der Waals surface area contributed by atoms with E-state index in [2.05, 4.69) is 0 Å². The summed E-state index contributed by atoms with van der Waals surface area (Å²) in [6.45, 7) is 1.85. The molecule has 1 amide bonds. The lowest BCUT2D eigenvalue weighted by Crippen LogP contribution is -2.47. The largest absolute Gasteiger partial charge is 0.475 e. The monoisotopic (exact) mass is 492 g/mol. The van der Waals surface area contributed by atoms with Crippen LogP contribution in [-0.2, 0) is 26.0 Å². The van der Waals surface area contributed by atoms with E-state index in [0.29, 0.717) is 29.1 Å². The number of anilines is 2. The highest BCUT2D eigenvalue weighted by atomic mass is 32.2. The molecule has 2 aliphatic heterocycles. The van der Waals surface area contributed by atoms with Gasteiger partial charge in [0.25, 0.3) is 15.9 Å². The second kappa shape index (κ2) is 8.74. The van der Waals surface area contributed by atoms with Gasteiger partial charge in [0, 0.05) is 11.6 Å². The van der Waals surface area contributed by atoms with Gasteiger partial charge in [0.2, 0.25) is 6.10 Å². The maximum Gasteiger partial charge on any atom is 0.348 e. The highest BCUT2D eigenvalue weighted by Gasteiger charge is 2.38. The second-order valence-electron chi connectivity index (χ2n) is 8.52. The van der Waals surface area contributed by atoms with Crippen LogP contribution < -0.4 is 13.9 Å². The highest BCUT2D eigenvalue weighted by molar-refractivity contribution is 7.92. The number of carbonyl (C=O) groups excluding carboxylic acids is 2. The van der Waals surface area contributed by atoms with E-state index in [9.17, 15) is 18.0 Å². The van der Waals surface area contributed by atoms with Gasteiger partial charge in [-0.1, -0.05) is 30.3 Å². The number of benzene rings is 3. The Bertz CT molecular complexity index is 1410. The summed E-state index contributed by atoms with van der Waals surface area (Å²) < 4.78 is 38.7. The van der Waals surface area contributed by atoms with Crippen LogP contribution in [0.1, 0.15) is 22.8 Å². The van der Waals surface area contributed by atoms with Gasteiger partial charge in [-0.3, -0.25) is 9.10 Å². The van der Waals surface area contributed by atoms with Crippen LogP contribution in [0.3, 0.4) is 0 Å². The zero-order valence-electron chi connectivity index (χ0n) is 19.2. The first-order valence-electron chi connectivity index (χ1n) is 11.2. The summed E-state index contributed by atoms with van der Waals surface area (Å²) in [6, 6.07) is 20.0. The number of esters is 1.